The molecule has 1 nitrogen and oxygen atoms in total. The van der Waals surface area contributed by atoms with Crippen molar-refractivity contribution in [1.82, 2.24) is 5.32 Å². The molecule has 0 heterocycles. The molecular weight excluding hydrogens is 206 g/mol. The van der Waals surface area contributed by atoms with Gasteiger partial charge < -0.3 is 5.32 Å². The zero-order valence-electron chi connectivity index (χ0n) is 13.1. The Morgan fingerprint density at radius 1 is 0.647 bits per heavy atom. The van der Waals surface area contributed by atoms with E-state index < -0.39 is 0 Å². The molecule has 0 aliphatic carbocycles. The van der Waals surface area contributed by atoms with Crippen molar-refractivity contribution in [3.63, 3.8) is 0 Å². The van der Waals surface area contributed by atoms with Crippen LogP contribution >= 0.6 is 0 Å². The Labute approximate surface area is 110 Å². The van der Waals surface area contributed by atoms with E-state index >= 15 is 0 Å². The Balaban J connectivity index is 4.11. The van der Waals surface area contributed by atoms with Crippen molar-refractivity contribution in [1.29, 1.82) is 0 Å². The summed E-state index contributed by atoms with van der Waals surface area (Å²) in [6, 6.07) is 1.44. The average molecular weight is 241 g/mol. The monoisotopic (exact) mass is 241 g/mol. The molecular formula is C16H35N. The molecule has 0 spiro atoms. The van der Waals surface area contributed by atoms with E-state index in [1.54, 1.807) is 0 Å². The number of rotatable bonds is 10. The van der Waals surface area contributed by atoms with E-state index in [9.17, 15) is 0 Å². The van der Waals surface area contributed by atoms with Gasteiger partial charge in [0.2, 0.25) is 0 Å². The summed E-state index contributed by atoms with van der Waals surface area (Å²) in [7, 11) is 0. The predicted octanol–water partition coefficient (Wildman–Crippen LogP) is 5.01. The van der Waals surface area contributed by atoms with E-state index in [1.165, 1.54) is 38.5 Å². The molecule has 0 rings (SSSR count). The molecule has 0 amide bonds. The standard InChI is InChI=1S/C16H35N/c1-7-13(5)11-15(9-3)17-16(10-4)12-14(6)8-2/h13-17H,7-12H2,1-6H3. The van der Waals surface area contributed by atoms with Gasteiger partial charge in [0.25, 0.3) is 0 Å². The summed E-state index contributed by atoms with van der Waals surface area (Å²) in [5.41, 5.74) is 0. The summed E-state index contributed by atoms with van der Waals surface area (Å²) >= 11 is 0. The van der Waals surface area contributed by atoms with E-state index in [0.717, 1.165) is 23.9 Å². The lowest BCUT2D eigenvalue weighted by atomic mass is 9.94. The van der Waals surface area contributed by atoms with Crippen LogP contribution in [0.15, 0.2) is 0 Å². The fourth-order valence-corrected chi connectivity index (χ4v) is 2.34. The summed E-state index contributed by atoms with van der Waals surface area (Å²) in [4.78, 5) is 0. The minimum Gasteiger partial charge on any atom is -0.311 e. The van der Waals surface area contributed by atoms with E-state index in [0.29, 0.717) is 0 Å². The first-order valence-corrected chi connectivity index (χ1v) is 7.83. The summed E-state index contributed by atoms with van der Waals surface area (Å²) in [6.45, 7) is 14.0. The molecule has 1 N–H and O–H groups in total. The molecule has 17 heavy (non-hydrogen) atoms. The molecule has 0 aromatic carbocycles. The Bertz CT molecular complexity index is 149. The molecule has 0 aliphatic heterocycles. The van der Waals surface area contributed by atoms with E-state index in [1.807, 2.05) is 0 Å². The highest BCUT2D eigenvalue weighted by atomic mass is 14.9. The molecule has 0 bridgehead atoms. The van der Waals surface area contributed by atoms with E-state index in [-0.39, 0.29) is 0 Å². The van der Waals surface area contributed by atoms with Crippen LogP contribution in [-0.4, -0.2) is 12.1 Å². The maximum absolute atomic E-state index is 3.88. The van der Waals surface area contributed by atoms with Gasteiger partial charge in [0.15, 0.2) is 0 Å². The van der Waals surface area contributed by atoms with Crippen molar-refractivity contribution in [2.24, 2.45) is 11.8 Å². The van der Waals surface area contributed by atoms with Crippen molar-refractivity contribution in [2.45, 2.75) is 92.2 Å². The lowest BCUT2D eigenvalue weighted by molar-refractivity contribution is 0.308. The van der Waals surface area contributed by atoms with Gasteiger partial charge in [0.1, 0.15) is 0 Å². The molecule has 0 radical (unpaired) electrons. The zero-order valence-corrected chi connectivity index (χ0v) is 13.1. The van der Waals surface area contributed by atoms with Gasteiger partial charge in [-0.25, -0.2) is 0 Å². The van der Waals surface area contributed by atoms with Crippen LogP contribution in [0.4, 0.5) is 0 Å². The third kappa shape index (κ3) is 7.81. The Morgan fingerprint density at radius 3 is 1.24 bits per heavy atom. The van der Waals surface area contributed by atoms with Crippen LogP contribution in [0.25, 0.3) is 0 Å². The van der Waals surface area contributed by atoms with Gasteiger partial charge in [0.05, 0.1) is 0 Å². The number of nitrogens with one attached hydrogen (secondary N) is 1. The highest BCUT2D eigenvalue weighted by Crippen LogP contribution is 2.16. The minimum atomic E-state index is 0.721. The maximum Gasteiger partial charge on any atom is 0.00695 e. The first-order valence-electron chi connectivity index (χ1n) is 7.83. The van der Waals surface area contributed by atoms with Gasteiger partial charge in [-0.15, -0.1) is 0 Å². The highest BCUT2D eigenvalue weighted by Gasteiger charge is 2.16. The molecule has 0 fully saturated rings. The quantitative estimate of drug-likeness (QED) is 0.567. The average Bonchev–Trinajstić information content (AvgIpc) is 2.36. The number of hydrogen-bond donors (Lipinski definition) is 1. The SMILES string of the molecule is CCC(C)CC(CC)NC(CC)CC(C)CC. The molecule has 104 valence electrons. The van der Waals surface area contributed by atoms with Crippen LogP contribution in [-0.2, 0) is 0 Å². The van der Waals surface area contributed by atoms with Gasteiger partial charge >= 0.3 is 0 Å². The summed E-state index contributed by atoms with van der Waals surface area (Å²) in [6.07, 6.45) is 7.82. The first kappa shape index (κ1) is 17.0. The van der Waals surface area contributed by atoms with Crippen LogP contribution in [0.1, 0.15) is 80.1 Å². The third-order valence-electron chi connectivity index (χ3n) is 4.22. The second-order valence-corrected chi connectivity index (χ2v) is 5.88. The van der Waals surface area contributed by atoms with Crippen LogP contribution in [0.3, 0.4) is 0 Å². The lowest BCUT2D eigenvalue weighted by Crippen LogP contribution is -2.39. The smallest absolute Gasteiger partial charge is 0.00695 e. The molecule has 0 aromatic heterocycles. The van der Waals surface area contributed by atoms with Crippen molar-refractivity contribution in [3.05, 3.63) is 0 Å². The normalized spacial score (nSPS) is 18.7. The van der Waals surface area contributed by atoms with Gasteiger partial charge in [-0.3, -0.25) is 0 Å². The zero-order chi connectivity index (χ0) is 13.3. The van der Waals surface area contributed by atoms with Crippen molar-refractivity contribution in [3.8, 4) is 0 Å². The molecule has 0 aromatic rings. The van der Waals surface area contributed by atoms with E-state index in [4.69, 9.17) is 0 Å². The second-order valence-electron chi connectivity index (χ2n) is 5.88. The third-order valence-corrected chi connectivity index (χ3v) is 4.22. The van der Waals surface area contributed by atoms with Gasteiger partial charge in [-0.1, -0.05) is 54.4 Å². The van der Waals surface area contributed by atoms with Crippen molar-refractivity contribution in [2.75, 3.05) is 0 Å². The molecule has 0 saturated carbocycles. The van der Waals surface area contributed by atoms with Crippen molar-refractivity contribution < 1.29 is 0 Å². The van der Waals surface area contributed by atoms with Crippen LogP contribution < -0.4 is 5.32 Å². The summed E-state index contributed by atoms with van der Waals surface area (Å²) < 4.78 is 0. The maximum atomic E-state index is 3.88. The van der Waals surface area contributed by atoms with Crippen LogP contribution in [0.5, 0.6) is 0 Å². The van der Waals surface area contributed by atoms with E-state index in [2.05, 4.69) is 46.9 Å². The summed E-state index contributed by atoms with van der Waals surface area (Å²) in [5, 5.41) is 3.88. The molecule has 4 atom stereocenters. The van der Waals surface area contributed by atoms with Crippen LogP contribution in [0.2, 0.25) is 0 Å². The second kappa shape index (κ2) is 9.94. The minimum absolute atomic E-state index is 0.721. The highest BCUT2D eigenvalue weighted by molar-refractivity contribution is 4.75. The summed E-state index contributed by atoms with van der Waals surface area (Å²) in [5.74, 6) is 1.71. The first-order chi connectivity index (χ1) is 8.07. The Hall–Kier alpha value is -0.0400. The van der Waals surface area contributed by atoms with Gasteiger partial charge in [0, 0.05) is 12.1 Å². The fourth-order valence-electron chi connectivity index (χ4n) is 2.34. The Morgan fingerprint density at radius 2 is 1.00 bits per heavy atom. The topological polar surface area (TPSA) is 12.0 Å². The predicted molar refractivity (Wildman–Crippen MR) is 79.4 cm³/mol. The molecule has 1 heteroatoms. The molecule has 0 saturated heterocycles. The van der Waals surface area contributed by atoms with Crippen LogP contribution in [0, 0.1) is 11.8 Å². The molecule has 4 unspecified atom stereocenters. The van der Waals surface area contributed by atoms with Crippen molar-refractivity contribution >= 4 is 0 Å². The largest absolute Gasteiger partial charge is 0.311 e. The van der Waals surface area contributed by atoms with Gasteiger partial charge in [-0.05, 0) is 37.5 Å². The lowest BCUT2D eigenvalue weighted by Gasteiger charge is -2.27. The number of hydrogen-bond acceptors (Lipinski definition) is 1. The Kier molecular flexibility index (Phi) is 9.91. The fraction of sp³-hybridized carbons (Fsp3) is 1.00. The molecule has 0 aliphatic rings. The van der Waals surface area contributed by atoms with Gasteiger partial charge in [-0.2, -0.15) is 0 Å².